The van der Waals surface area contributed by atoms with E-state index >= 15 is 0 Å². The highest BCUT2D eigenvalue weighted by Crippen LogP contribution is 2.14. The van der Waals surface area contributed by atoms with Crippen molar-refractivity contribution in [3.63, 3.8) is 0 Å². The smallest absolute Gasteiger partial charge is 0.274 e. The van der Waals surface area contributed by atoms with E-state index in [1.807, 2.05) is 0 Å². The average Bonchev–Trinajstić information content (AvgIpc) is 2.58. The van der Waals surface area contributed by atoms with Crippen molar-refractivity contribution in [3.05, 3.63) is 47.9 Å². The lowest BCUT2D eigenvalue weighted by Gasteiger charge is -2.26. The van der Waals surface area contributed by atoms with Crippen LogP contribution in [-0.4, -0.2) is 47.3 Å². The molecule has 1 aliphatic heterocycles. The maximum Gasteiger partial charge on any atom is 0.274 e. The number of rotatable bonds is 3. The van der Waals surface area contributed by atoms with Crippen molar-refractivity contribution in [2.45, 2.75) is 0 Å². The van der Waals surface area contributed by atoms with Gasteiger partial charge in [-0.25, -0.2) is 4.39 Å². The summed E-state index contributed by atoms with van der Waals surface area (Å²) in [5, 5.41) is 10.9. The SMILES string of the molecule is O=C(c1ccc(Nc2ccc(F)cc2)nn1)N1CCOCC1. The Kier molecular flexibility index (Phi) is 4.24. The molecule has 0 aliphatic carbocycles. The van der Waals surface area contributed by atoms with Crippen molar-refractivity contribution < 1.29 is 13.9 Å². The van der Waals surface area contributed by atoms with E-state index in [4.69, 9.17) is 4.74 Å². The Morgan fingerprint density at radius 3 is 2.45 bits per heavy atom. The Morgan fingerprint density at radius 1 is 1.09 bits per heavy atom. The Bertz CT molecular complexity index is 640. The maximum atomic E-state index is 12.8. The molecule has 3 rings (SSSR count). The van der Waals surface area contributed by atoms with Crippen LogP contribution < -0.4 is 5.32 Å². The van der Waals surface area contributed by atoms with Crippen LogP contribution in [0.4, 0.5) is 15.9 Å². The fourth-order valence-electron chi connectivity index (χ4n) is 2.12. The molecule has 0 unspecified atom stereocenters. The Hall–Kier alpha value is -2.54. The second-order valence-electron chi connectivity index (χ2n) is 4.84. The monoisotopic (exact) mass is 302 g/mol. The summed E-state index contributed by atoms with van der Waals surface area (Å²) in [6.45, 7) is 2.22. The van der Waals surface area contributed by atoms with Crippen molar-refractivity contribution in [1.29, 1.82) is 0 Å². The number of morpholine rings is 1. The second-order valence-corrected chi connectivity index (χ2v) is 4.84. The van der Waals surface area contributed by atoms with Crippen LogP contribution in [0.15, 0.2) is 36.4 Å². The van der Waals surface area contributed by atoms with Crippen LogP contribution in [0.3, 0.4) is 0 Å². The van der Waals surface area contributed by atoms with E-state index in [1.54, 1.807) is 29.2 Å². The lowest BCUT2D eigenvalue weighted by molar-refractivity contribution is 0.0298. The summed E-state index contributed by atoms with van der Waals surface area (Å²) in [6.07, 6.45) is 0. The predicted molar refractivity (Wildman–Crippen MR) is 78.4 cm³/mol. The minimum absolute atomic E-state index is 0.149. The number of carbonyl (C=O) groups is 1. The molecular formula is C15H15FN4O2. The van der Waals surface area contributed by atoms with E-state index in [1.165, 1.54) is 12.1 Å². The summed E-state index contributed by atoms with van der Waals surface area (Å²) in [5.41, 5.74) is 0.995. The minimum Gasteiger partial charge on any atom is -0.378 e. The maximum absolute atomic E-state index is 12.8. The highest BCUT2D eigenvalue weighted by Gasteiger charge is 2.19. The molecule has 7 heteroatoms. The number of hydrogen-bond acceptors (Lipinski definition) is 5. The standard InChI is InChI=1S/C15H15FN4O2/c16-11-1-3-12(4-2-11)17-14-6-5-13(18-19-14)15(21)20-7-9-22-10-8-20/h1-6H,7-10H2,(H,17,19). The first-order chi connectivity index (χ1) is 10.7. The van der Waals surface area contributed by atoms with Gasteiger partial charge in [0.1, 0.15) is 5.82 Å². The minimum atomic E-state index is -0.303. The molecule has 22 heavy (non-hydrogen) atoms. The molecule has 2 heterocycles. The van der Waals surface area contributed by atoms with Crippen LogP contribution in [0.25, 0.3) is 0 Å². The molecule has 1 aromatic carbocycles. The van der Waals surface area contributed by atoms with Crippen molar-refractivity contribution in [3.8, 4) is 0 Å². The third-order valence-electron chi connectivity index (χ3n) is 3.30. The lowest BCUT2D eigenvalue weighted by Crippen LogP contribution is -2.41. The summed E-state index contributed by atoms with van der Waals surface area (Å²) in [6, 6.07) is 9.20. The number of ether oxygens (including phenoxy) is 1. The number of carbonyl (C=O) groups excluding carboxylic acids is 1. The molecule has 6 nitrogen and oxygen atoms in total. The number of benzene rings is 1. The van der Waals surface area contributed by atoms with Crippen LogP contribution >= 0.6 is 0 Å². The van der Waals surface area contributed by atoms with Crippen LogP contribution in [0, 0.1) is 5.82 Å². The topological polar surface area (TPSA) is 67.4 Å². The van der Waals surface area contributed by atoms with E-state index < -0.39 is 0 Å². The number of aromatic nitrogens is 2. The van der Waals surface area contributed by atoms with Crippen molar-refractivity contribution in [2.24, 2.45) is 0 Å². The summed E-state index contributed by atoms with van der Waals surface area (Å²) < 4.78 is 18.1. The van der Waals surface area contributed by atoms with Gasteiger partial charge < -0.3 is 15.0 Å². The molecule has 1 amide bonds. The van der Waals surface area contributed by atoms with Gasteiger partial charge in [0.25, 0.3) is 5.91 Å². The van der Waals surface area contributed by atoms with Crippen LogP contribution in [0.2, 0.25) is 0 Å². The summed E-state index contributed by atoms with van der Waals surface area (Å²) in [5.74, 6) is 0.0392. The zero-order valence-corrected chi connectivity index (χ0v) is 11.8. The van der Waals surface area contributed by atoms with Crippen molar-refractivity contribution in [1.82, 2.24) is 15.1 Å². The van der Waals surface area contributed by atoms with E-state index in [0.29, 0.717) is 43.5 Å². The van der Waals surface area contributed by atoms with Gasteiger partial charge in [0.15, 0.2) is 11.5 Å². The van der Waals surface area contributed by atoms with Gasteiger partial charge in [-0.2, -0.15) is 0 Å². The van der Waals surface area contributed by atoms with Crippen molar-refractivity contribution in [2.75, 3.05) is 31.6 Å². The fourth-order valence-corrected chi connectivity index (χ4v) is 2.12. The van der Waals surface area contributed by atoms with Gasteiger partial charge in [-0.15, -0.1) is 10.2 Å². The van der Waals surface area contributed by atoms with E-state index in [2.05, 4.69) is 15.5 Å². The molecule has 0 saturated carbocycles. The first-order valence-electron chi connectivity index (χ1n) is 6.96. The third kappa shape index (κ3) is 3.37. The molecule has 114 valence electrons. The molecule has 1 N–H and O–H groups in total. The summed E-state index contributed by atoms with van der Waals surface area (Å²) >= 11 is 0. The van der Waals surface area contributed by atoms with Crippen molar-refractivity contribution >= 4 is 17.4 Å². The summed E-state index contributed by atoms with van der Waals surface area (Å²) in [7, 11) is 0. The van der Waals surface area contributed by atoms with Crippen LogP contribution in [-0.2, 0) is 4.74 Å². The molecule has 0 radical (unpaired) electrons. The molecular weight excluding hydrogens is 287 g/mol. The van der Waals surface area contributed by atoms with Gasteiger partial charge in [0.05, 0.1) is 13.2 Å². The molecule has 1 fully saturated rings. The van der Waals surface area contributed by atoms with Gasteiger partial charge in [0, 0.05) is 18.8 Å². The van der Waals surface area contributed by atoms with E-state index in [9.17, 15) is 9.18 Å². The Labute approximate surface area is 126 Å². The lowest BCUT2D eigenvalue weighted by atomic mass is 10.3. The van der Waals surface area contributed by atoms with Crippen LogP contribution in [0.1, 0.15) is 10.5 Å². The summed E-state index contributed by atoms with van der Waals surface area (Å²) in [4.78, 5) is 13.9. The number of nitrogens with one attached hydrogen (secondary N) is 1. The van der Waals surface area contributed by atoms with Crippen LogP contribution in [0.5, 0.6) is 0 Å². The van der Waals surface area contributed by atoms with Gasteiger partial charge in [-0.1, -0.05) is 0 Å². The zero-order chi connectivity index (χ0) is 15.4. The molecule has 0 atom stereocenters. The predicted octanol–water partition coefficient (Wildman–Crippen LogP) is 1.83. The largest absolute Gasteiger partial charge is 0.378 e. The molecule has 0 spiro atoms. The number of nitrogens with zero attached hydrogens (tertiary/aromatic N) is 3. The Balaban J connectivity index is 1.66. The highest BCUT2D eigenvalue weighted by atomic mass is 19.1. The first-order valence-corrected chi connectivity index (χ1v) is 6.96. The fraction of sp³-hybridized carbons (Fsp3) is 0.267. The highest BCUT2D eigenvalue weighted by molar-refractivity contribution is 5.92. The number of halogens is 1. The molecule has 2 aromatic rings. The number of amides is 1. The van der Waals surface area contributed by atoms with Gasteiger partial charge in [-0.3, -0.25) is 4.79 Å². The van der Waals surface area contributed by atoms with Gasteiger partial charge in [-0.05, 0) is 36.4 Å². The Morgan fingerprint density at radius 2 is 1.82 bits per heavy atom. The normalized spacial score (nSPS) is 14.7. The number of anilines is 2. The molecule has 1 aliphatic rings. The third-order valence-corrected chi connectivity index (χ3v) is 3.30. The molecule has 0 bridgehead atoms. The molecule has 1 saturated heterocycles. The number of hydrogen-bond donors (Lipinski definition) is 1. The molecule has 1 aromatic heterocycles. The average molecular weight is 302 g/mol. The first kappa shape index (κ1) is 14.4. The quantitative estimate of drug-likeness (QED) is 0.937. The van der Waals surface area contributed by atoms with Gasteiger partial charge >= 0.3 is 0 Å². The zero-order valence-electron chi connectivity index (χ0n) is 11.8. The van der Waals surface area contributed by atoms with E-state index in [-0.39, 0.29) is 11.7 Å². The van der Waals surface area contributed by atoms with Gasteiger partial charge in [0.2, 0.25) is 0 Å². The van der Waals surface area contributed by atoms with E-state index in [0.717, 1.165) is 0 Å². The second kappa shape index (κ2) is 6.48.